The molecule has 0 aromatic heterocycles. The fraction of sp³-hybridized carbons (Fsp3) is 0. The Morgan fingerprint density at radius 3 is 1.00 bits per heavy atom. The summed E-state index contributed by atoms with van der Waals surface area (Å²) in [5.41, 5.74) is 0. The second-order valence-corrected chi connectivity index (χ2v) is 0. The van der Waals surface area contributed by atoms with Crippen LogP contribution in [0.15, 0.2) is 0 Å². The molecule has 0 amide bonds. The van der Waals surface area contributed by atoms with Gasteiger partial charge in [-0.2, -0.15) is 0 Å². The molecule has 4 heavy (non-hydrogen) atoms. The van der Waals surface area contributed by atoms with Crippen LogP contribution in [-0.2, 0) is 60.6 Å². The van der Waals surface area contributed by atoms with Crippen molar-refractivity contribution in [3.05, 3.63) is 0 Å². The molecule has 0 rings (SSSR count). The van der Waals surface area contributed by atoms with Crippen molar-refractivity contribution in [2.45, 2.75) is 0 Å². The minimum Gasteiger partial charge on any atom is 0 e. The molecule has 0 aromatic carbocycles. The van der Waals surface area contributed by atoms with Gasteiger partial charge in [0.25, 0.3) is 0 Å². The third-order valence-electron chi connectivity index (χ3n) is 0. The SMILES string of the molecule is [Bi].[Ir].[Pt].[Rh]. The molecule has 0 N–H and O–H groups in total. The number of rotatable bonds is 0. The summed E-state index contributed by atoms with van der Waals surface area (Å²) < 4.78 is 0. The molecule has 0 bridgehead atoms. The molecular weight excluding hydrogens is 699 g/mol. The minimum atomic E-state index is 0. The van der Waals surface area contributed by atoms with Gasteiger partial charge in [0.1, 0.15) is 0 Å². The Morgan fingerprint density at radius 1 is 1.00 bits per heavy atom. The zero-order valence-corrected chi connectivity index (χ0v) is 11.2. The Kier molecular flexibility index (Phi) is 122. The van der Waals surface area contributed by atoms with E-state index in [4.69, 9.17) is 0 Å². The molecule has 0 unspecified atom stereocenters. The molecule has 0 saturated heterocycles. The Bertz CT molecular complexity index is 8.00. The quantitative estimate of drug-likeness (QED) is 0.303. The third-order valence-corrected chi connectivity index (χ3v) is 0. The van der Waals surface area contributed by atoms with Crippen LogP contribution in [0.1, 0.15) is 0 Å². The van der Waals surface area contributed by atoms with E-state index in [9.17, 15) is 0 Å². The topological polar surface area (TPSA) is 0 Å². The van der Waals surface area contributed by atoms with Gasteiger partial charge < -0.3 is 0 Å². The molecule has 0 aliphatic heterocycles. The van der Waals surface area contributed by atoms with Gasteiger partial charge in [-0.05, 0) is 0 Å². The average Bonchev–Trinajstić information content (AvgIpc) is 0. The van der Waals surface area contributed by atoms with Crippen LogP contribution in [0.5, 0.6) is 0 Å². The van der Waals surface area contributed by atoms with Gasteiger partial charge in [0.15, 0.2) is 0 Å². The Balaban J connectivity index is 0. The van der Waals surface area contributed by atoms with E-state index < -0.39 is 0 Å². The predicted molar refractivity (Wildman–Crippen MR) is 5.75 cm³/mol. The van der Waals surface area contributed by atoms with E-state index in [0.717, 1.165) is 0 Å². The van der Waals surface area contributed by atoms with Gasteiger partial charge >= 0.3 is 0 Å². The van der Waals surface area contributed by atoms with E-state index in [1.165, 1.54) is 0 Å². The first kappa shape index (κ1) is 28.9. The Hall–Kier alpha value is 2.84. The summed E-state index contributed by atoms with van der Waals surface area (Å²) >= 11 is 0. The number of hydrogen-bond acceptors (Lipinski definition) is 0. The van der Waals surface area contributed by atoms with Crippen molar-refractivity contribution in [2.24, 2.45) is 0 Å². The van der Waals surface area contributed by atoms with Crippen LogP contribution in [0.2, 0.25) is 0 Å². The maximum Gasteiger partial charge on any atom is 0 e. The van der Waals surface area contributed by atoms with Crippen LogP contribution in [0.3, 0.4) is 0 Å². The van der Waals surface area contributed by atoms with E-state index in [1.54, 1.807) is 0 Å². The van der Waals surface area contributed by atoms with Crippen molar-refractivity contribution in [1.82, 2.24) is 0 Å². The van der Waals surface area contributed by atoms with Crippen molar-refractivity contribution in [2.75, 3.05) is 0 Å². The first-order valence-electron chi connectivity index (χ1n) is 0. The van der Waals surface area contributed by atoms with E-state index in [-0.39, 0.29) is 86.9 Å². The van der Waals surface area contributed by atoms with Gasteiger partial charge in [0.05, 0.1) is 0 Å². The zero-order chi connectivity index (χ0) is 0. The molecule has 0 heterocycles. The van der Waals surface area contributed by atoms with Crippen LogP contribution in [0, 0.1) is 0 Å². The van der Waals surface area contributed by atoms with Gasteiger partial charge in [-0.25, -0.2) is 0 Å². The van der Waals surface area contributed by atoms with Crippen molar-refractivity contribution in [3.63, 3.8) is 0 Å². The van der Waals surface area contributed by atoms with Crippen molar-refractivity contribution >= 4 is 26.2 Å². The van der Waals surface area contributed by atoms with Crippen LogP contribution in [-0.4, -0.2) is 26.2 Å². The maximum atomic E-state index is 0. The molecule has 0 spiro atoms. The second-order valence-electron chi connectivity index (χ2n) is 0. The summed E-state index contributed by atoms with van der Waals surface area (Å²) in [7, 11) is 0. The third kappa shape index (κ3) is 8.85. The van der Waals surface area contributed by atoms with Gasteiger partial charge in [0, 0.05) is 86.9 Å². The van der Waals surface area contributed by atoms with Gasteiger partial charge in [0.2, 0.25) is 0 Å². The average molecular weight is 699 g/mol. The number of hydrogen-bond donors (Lipinski definition) is 0. The van der Waals surface area contributed by atoms with Gasteiger partial charge in [-0.3, -0.25) is 0 Å². The molecule has 4 heteroatoms. The summed E-state index contributed by atoms with van der Waals surface area (Å²) in [5, 5.41) is 0. The summed E-state index contributed by atoms with van der Waals surface area (Å²) in [6, 6.07) is 0. The molecule has 5 radical (unpaired) electrons. The first-order valence-corrected chi connectivity index (χ1v) is 0. The summed E-state index contributed by atoms with van der Waals surface area (Å²) in [6.45, 7) is 0. The van der Waals surface area contributed by atoms with E-state index >= 15 is 0 Å². The monoisotopic (exact) mass is 700 g/mol. The molecule has 0 fully saturated rings. The van der Waals surface area contributed by atoms with E-state index in [1.807, 2.05) is 0 Å². The fourth-order valence-corrected chi connectivity index (χ4v) is 0. The molecule has 0 atom stereocenters. The summed E-state index contributed by atoms with van der Waals surface area (Å²) in [4.78, 5) is 0. The fourth-order valence-electron chi connectivity index (χ4n) is 0. The Morgan fingerprint density at radius 2 is 1.00 bits per heavy atom. The smallest absolute Gasteiger partial charge is 0 e. The van der Waals surface area contributed by atoms with E-state index in [0.29, 0.717) is 0 Å². The summed E-state index contributed by atoms with van der Waals surface area (Å²) in [6.07, 6.45) is 0. The van der Waals surface area contributed by atoms with Crippen molar-refractivity contribution < 1.29 is 60.6 Å². The van der Waals surface area contributed by atoms with E-state index in [2.05, 4.69) is 0 Å². The summed E-state index contributed by atoms with van der Waals surface area (Å²) in [5.74, 6) is 0. The largest absolute Gasteiger partial charge is 0 e. The standard InChI is InChI=1S/Bi.Ir.Pt.Rh. The normalized spacial score (nSPS) is 0. The first-order chi connectivity index (χ1) is 0. The minimum absolute atomic E-state index is 0. The molecule has 0 aliphatic rings. The van der Waals surface area contributed by atoms with Crippen LogP contribution in [0.4, 0.5) is 0 Å². The van der Waals surface area contributed by atoms with Gasteiger partial charge in [-0.15, -0.1) is 0 Å². The zero-order valence-electron chi connectivity index (χ0n) is 1.43. The maximum absolute atomic E-state index is 0. The molecule has 0 saturated carbocycles. The molecule has 0 aromatic rings. The van der Waals surface area contributed by atoms with Crippen LogP contribution in [0.25, 0.3) is 0 Å². The second kappa shape index (κ2) is 17.0. The van der Waals surface area contributed by atoms with Crippen molar-refractivity contribution in [3.8, 4) is 0 Å². The molecule has 0 aliphatic carbocycles. The molecular formula is BiIrPtRh. The molecule has 0 nitrogen and oxygen atoms in total. The predicted octanol–water partition coefficient (Wildman–Crippen LogP) is -0.388. The molecule has 33 valence electrons. The van der Waals surface area contributed by atoms with Crippen molar-refractivity contribution in [1.29, 1.82) is 0 Å². The Labute approximate surface area is 85.4 Å². The van der Waals surface area contributed by atoms with Crippen LogP contribution < -0.4 is 0 Å². The van der Waals surface area contributed by atoms with Gasteiger partial charge in [-0.1, -0.05) is 0 Å². The van der Waals surface area contributed by atoms with Crippen LogP contribution >= 0.6 is 0 Å².